The molecule has 0 saturated carbocycles. The predicted octanol–water partition coefficient (Wildman–Crippen LogP) is 1.94. The first-order valence-electron chi connectivity index (χ1n) is 9.03. The van der Waals surface area contributed by atoms with E-state index in [2.05, 4.69) is 53.8 Å². The van der Waals surface area contributed by atoms with Gasteiger partial charge in [0.2, 0.25) is 5.89 Å². The Hall–Kier alpha value is -2.51. The molecule has 7 heteroatoms. The third kappa shape index (κ3) is 4.17. The lowest BCUT2D eigenvalue weighted by Gasteiger charge is -2.33. The van der Waals surface area contributed by atoms with Crippen LogP contribution in [0, 0.1) is 6.92 Å². The maximum absolute atomic E-state index is 5.22. The van der Waals surface area contributed by atoms with Crippen molar-refractivity contribution in [1.29, 1.82) is 0 Å². The van der Waals surface area contributed by atoms with Gasteiger partial charge in [-0.15, -0.1) is 0 Å². The molecule has 0 N–H and O–H groups in total. The molecule has 1 aliphatic rings. The molecule has 0 aliphatic carbocycles. The van der Waals surface area contributed by atoms with Crippen LogP contribution in [0.4, 0.5) is 0 Å². The molecular formula is C19H24N6O. The van der Waals surface area contributed by atoms with E-state index < -0.39 is 0 Å². The van der Waals surface area contributed by atoms with Gasteiger partial charge >= 0.3 is 0 Å². The van der Waals surface area contributed by atoms with Crippen LogP contribution >= 0.6 is 0 Å². The number of benzene rings is 1. The summed E-state index contributed by atoms with van der Waals surface area (Å²) in [5, 5.41) is 3.86. The van der Waals surface area contributed by atoms with Crippen LogP contribution in [0.1, 0.15) is 23.0 Å². The Morgan fingerprint density at radius 1 is 0.962 bits per heavy atom. The maximum Gasteiger partial charge on any atom is 0.240 e. The van der Waals surface area contributed by atoms with E-state index in [0.29, 0.717) is 11.7 Å². The fourth-order valence-corrected chi connectivity index (χ4v) is 3.33. The minimum atomic E-state index is 0.699. The molecular weight excluding hydrogens is 328 g/mol. The molecule has 1 fully saturated rings. The fraction of sp³-hybridized carbons (Fsp3) is 0.421. The molecule has 3 aromatic rings. The highest BCUT2D eigenvalue weighted by molar-refractivity contribution is 5.16. The number of imidazole rings is 1. The highest BCUT2D eigenvalue weighted by atomic mass is 16.5. The van der Waals surface area contributed by atoms with Crippen LogP contribution in [-0.2, 0) is 19.6 Å². The second kappa shape index (κ2) is 7.80. The lowest BCUT2D eigenvalue weighted by molar-refractivity contribution is 0.110. The van der Waals surface area contributed by atoms with E-state index in [1.165, 1.54) is 11.3 Å². The van der Waals surface area contributed by atoms with Gasteiger partial charge in [-0.05, 0) is 12.5 Å². The van der Waals surface area contributed by atoms with Crippen molar-refractivity contribution in [1.82, 2.24) is 29.5 Å². The molecule has 4 rings (SSSR count). The number of hydrogen-bond donors (Lipinski definition) is 0. The molecule has 0 amide bonds. The first kappa shape index (κ1) is 16.9. The lowest BCUT2D eigenvalue weighted by Crippen LogP contribution is -2.45. The number of hydrogen-bond acceptors (Lipinski definition) is 6. The van der Waals surface area contributed by atoms with Crippen LogP contribution in [0.15, 0.2) is 47.4 Å². The Morgan fingerprint density at radius 2 is 1.69 bits per heavy atom. The zero-order valence-electron chi connectivity index (χ0n) is 15.1. The van der Waals surface area contributed by atoms with Crippen molar-refractivity contribution in [2.75, 3.05) is 26.2 Å². The molecule has 7 nitrogen and oxygen atoms in total. The minimum absolute atomic E-state index is 0.699. The Labute approximate surface area is 153 Å². The zero-order valence-corrected chi connectivity index (χ0v) is 15.1. The molecule has 0 bridgehead atoms. The summed E-state index contributed by atoms with van der Waals surface area (Å²) in [5.74, 6) is 1.40. The second-order valence-electron chi connectivity index (χ2n) is 6.79. The highest BCUT2D eigenvalue weighted by Crippen LogP contribution is 2.12. The van der Waals surface area contributed by atoms with Crippen LogP contribution in [-0.4, -0.2) is 55.7 Å². The van der Waals surface area contributed by atoms with E-state index in [1.807, 2.05) is 25.5 Å². The molecule has 136 valence electrons. The van der Waals surface area contributed by atoms with Crippen molar-refractivity contribution in [3.8, 4) is 0 Å². The number of aromatic nitrogens is 4. The summed E-state index contributed by atoms with van der Waals surface area (Å²) in [6, 6.07) is 10.5. The number of rotatable bonds is 6. The number of piperazine rings is 1. The average Bonchev–Trinajstić information content (AvgIpc) is 3.26. The molecule has 0 atom stereocenters. The Bertz CT molecular complexity index is 819. The summed E-state index contributed by atoms with van der Waals surface area (Å²) in [6.07, 6.45) is 3.91. The molecule has 1 aliphatic heterocycles. The van der Waals surface area contributed by atoms with Gasteiger partial charge in [-0.25, -0.2) is 4.98 Å². The number of aryl methyl sites for hydroxylation is 1. The molecule has 1 aromatic carbocycles. The Kier molecular flexibility index (Phi) is 5.08. The summed E-state index contributed by atoms with van der Waals surface area (Å²) in [6.45, 7) is 8.47. The summed E-state index contributed by atoms with van der Waals surface area (Å²) in [5.41, 5.74) is 2.56. The molecule has 1 saturated heterocycles. The first-order valence-corrected chi connectivity index (χ1v) is 9.03. The first-order chi connectivity index (χ1) is 12.8. The topological polar surface area (TPSA) is 63.2 Å². The van der Waals surface area contributed by atoms with Crippen molar-refractivity contribution in [2.24, 2.45) is 0 Å². The predicted molar refractivity (Wildman–Crippen MR) is 97.4 cm³/mol. The summed E-state index contributed by atoms with van der Waals surface area (Å²) in [7, 11) is 0. The quantitative estimate of drug-likeness (QED) is 0.676. The van der Waals surface area contributed by atoms with E-state index in [1.54, 1.807) is 0 Å². The summed E-state index contributed by atoms with van der Waals surface area (Å²) < 4.78 is 7.46. The smallest absolute Gasteiger partial charge is 0.240 e. The van der Waals surface area contributed by atoms with Gasteiger partial charge in [0.25, 0.3) is 0 Å². The minimum Gasteiger partial charge on any atom is -0.338 e. The second-order valence-corrected chi connectivity index (χ2v) is 6.79. The van der Waals surface area contributed by atoms with Gasteiger partial charge < -0.3 is 9.09 Å². The van der Waals surface area contributed by atoms with E-state index in [0.717, 1.165) is 45.8 Å². The van der Waals surface area contributed by atoms with Crippen molar-refractivity contribution in [2.45, 2.75) is 26.6 Å². The maximum atomic E-state index is 5.22. The zero-order chi connectivity index (χ0) is 17.8. The standard InChI is InChI=1S/C19H24N6O/c1-16-21-19(26-22-16)14-24-9-7-23(8-10-24)13-18-11-20-15-25(18)12-17-5-3-2-4-6-17/h2-6,11,15H,7-10,12-14H2,1H3. The third-order valence-corrected chi connectivity index (χ3v) is 4.77. The fourth-order valence-electron chi connectivity index (χ4n) is 3.33. The van der Waals surface area contributed by atoms with Gasteiger partial charge in [0.15, 0.2) is 5.82 Å². The van der Waals surface area contributed by atoms with Gasteiger partial charge in [0, 0.05) is 45.5 Å². The Balaban J connectivity index is 1.30. The van der Waals surface area contributed by atoms with E-state index >= 15 is 0 Å². The van der Waals surface area contributed by atoms with Gasteiger partial charge in [-0.3, -0.25) is 9.80 Å². The van der Waals surface area contributed by atoms with Gasteiger partial charge in [-0.2, -0.15) is 4.98 Å². The molecule has 0 unspecified atom stereocenters. The van der Waals surface area contributed by atoms with Gasteiger partial charge in [0.05, 0.1) is 18.6 Å². The van der Waals surface area contributed by atoms with E-state index in [9.17, 15) is 0 Å². The molecule has 3 heterocycles. The van der Waals surface area contributed by atoms with Crippen LogP contribution in [0.2, 0.25) is 0 Å². The molecule has 26 heavy (non-hydrogen) atoms. The van der Waals surface area contributed by atoms with Crippen LogP contribution < -0.4 is 0 Å². The van der Waals surface area contributed by atoms with Gasteiger partial charge in [-0.1, -0.05) is 35.5 Å². The summed E-state index contributed by atoms with van der Waals surface area (Å²) in [4.78, 5) is 13.5. The van der Waals surface area contributed by atoms with Crippen molar-refractivity contribution < 1.29 is 4.52 Å². The van der Waals surface area contributed by atoms with Crippen LogP contribution in [0.5, 0.6) is 0 Å². The van der Waals surface area contributed by atoms with Crippen LogP contribution in [0.3, 0.4) is 0 Å². The van der Waals surface area contributed by atoms with Crippen molar-refractivity contribution in [3.63, 3.8) is 0 Å². The van der Waals surface area contributed by atoms with E-state index in [-0.39, 0.29) is 0 Å². The number of nitrogens with zero attached hydrogens (tertiary/aromatic N) is 6. The third-order valence-electron chi connectivity index (χ3n) is 4.77. The van der Waals surface area contributed by atoms with Crippen LogP contribution in [0.25, 0.3) is 0 Å². The van der Waals surface area contributed by atoms with Gasteiger partial charge in [0.1, 0.15) is 0 Å². The summed E-state index contributed by atoms with van der Waals surface area (Å²) >= 11 is 0. The normalized spacial score (nSPS) is 16.2. The lowest BCUT2D eigenvalue weighted by atomic mass is 10.2. The van der Waals surface area contributed by atoms with Crippen molar-refractivity contribution in [3.05, 3.63) is 65.8 Å². The average molecular weight is 352 g/mol. The van der Waals surface area contributed by atoms with Crippen molar-refractivity contribution >= 4 is 0 Å². The molecule has 0 radical (unpaired) electrons. The SMILES string of the molecule is Cc1noc(CN2CCN(Cc3cncn3Cc3ccccc3)CC2)n1. The van der Waals surface area contributed by atoms with E-state index in [4.69, 9.17) is 4.52 Å². The Morgan fingerprint density at radius 3 is 2.38 bits per heavy atom. The molecule has 2 aromatic heterocycles. The molecule has 0 spiro atoms. The monoisotopic (exact) mass is 352 g/mol. The highest BCUT2D eigenvalue weighted by Gasteiger charge is 2.20. The largest absolute Gasteiger partial charge is 0.338 e.